The monoisotopic (exact) mass is 461 g/mol. The molecular weight excluding hydrogens is 438 g/mol. The molecule has 0 aromatic heterocycles. The zero-order chi connectivity index (χ0) is 23.3. The third kappa shape index (κ3) is 3.56. The number of para-hydroxylation sites is 1. The Morgan fingerprint density at radius 1 is 0.879 bits per heavy atom. The van der Waals surface area contributed by atoms with E-state index in [9.17, 15) is 9.59 Å². The minimum atomic E-state index is -0.897. The SMILES string of the molecule is Cc1ccccc1N1O[C@H]2C(=O)N(c3ccc(Cl)cc3)C(=O)[C@@H]2[C@H]1c1ccc(N(C)C)cc1. The highest BCUT2D eigenvalue weighted by Crippen LogP contribution is 2.48. The molecule has 0 N–H and O–H groups in total. The number of anilines is 3. The zero-order valence-corrected chi connectivity index (χ0v) is 19.4. The van der Waals surface area contributed by atoms with Gasteiger partial charge in [-0.15, -0.1) is 0 Å². The second-order valence-electron chi connectivity index (χ2n) is 8.58. The fourth-order valence-electron chi connectivity index (χ4n) is 4.59. The van der Waals surface area contributed by atoms with E-state index in [1.54, 1.807) is 29.3 Å². The molecule has 2 aliphatic rings. The quantitative estimate of drug-likeness (QED) is 0.524. The Labute approximate surface area is 197 Å². The fraction of sp³-hybridized carbons (Fsp3) is 0.231. The standard InChI is InChI=1S/C26H24ClN3O3/c1-16-6-4-5-7-21(16)30-23(17-8-12-19(13-9-17)28(2)3)22-24(33-30)26(32)29(25(22)31)20-14-10-18(27)11-15-20/h4-15,22-24H,1-3H3/t22-,23-,24-/m1/s1. The number of carbonyl (C=O) groups is 2. The molecule has 2 amide bonds. The molecule has 2 aliphatic heterocycles. The molecule has 168 valence electrons. The first kappa shape index (κ1) is 21.5. The number of hydroxylamine groups is 1. The van der Waals surface area contributed by atoms with E-state index in [-0.39, 0.29) is 11.8 Å². The lowest BCUT2D eigenvalue weighted by Crippen LogP contribution is -2.37. The minimum Gasteiger partial charge on any atom is -0.378 e. The second kappa shape index (κ2) is 8.21. The Morgan fingerprint density at radius 3 is 2.18 bits per heavy atom. The summed E-state index contributed by atoms with van der Waals surface area (Å²) in [5.74, 6) is -1.30. The average Bonchev–Trinajstić information content (AvgIpc) is 3.31. The molecule has 7 heteroatoms. The van der Waals surface area contributed by atoms with Crippen LogP contribution < -0.4 is 14.9 Å². The van der Waals surface area contributed by atoms with Crippen molar-refractivity contribution >= 4 is 40.5 Å². The molecule has 0 radical (unpaired) electrons. The van der Waals surface area contributed by atoms with Crippen molar-refractivity contribution in [3.63, 3.8) is 0 Å². The molecule has 3 aromatic rings. The predicted octanol–water partition coefficient (Wildman–Crippen LogP) is 4.77. The Bertz CT molecular complexity index is 1210. The van der Waals surface area contributed by atoms with Gasteiger partial charge in [0.2, 0.25) is 5.91 Å². The summed E-state index contributed by atoms with van der Waals surface area (Å²) in [5.41, 5.74) is 4.30. The highest BCUT2D eigenvalue weighted by atomic mass is 35.5. The van der Waals surface area contributed by atoms with Gasteiger partial charge in [0.15, 0.2) is 6.10 Å². The lowest BCUT2D eigenvalue weighted by molar-refractivity contribution is -0.126. The van der Waals surface area contributed by atoms with E-state index in [4.69, 9.17) is 16.4 Å². The lowest BCUT2D eigenvalue weighted by Gasteiger charge is -2.30. The van der Waals surface area contributed by atoms with Crippen LogP contribution in [0.4, 0.5) is 17.1 Å². The molecule has 0 bridgehead atoms. The third-order valence-electron chi connectivity index (χ3n) is 6.30. The largest absolute Gasteiger partial charge is 0.378 e. The molecule has 0 unspecified atom stereocenters. The molecule has 3 atom stereocenters. The van der Waals surface area contributed by atoms with Gasteiger partial charge in [0.1, 0.15) is 5.92 Å². The van der Waals surface area contributed by atoms with Crippen molar-refractivity contribution in [2.75, 3.05) is 29.0 Å². The van der Waals surface area contributed by atoms with Crippen LogP contribution in [0.25, 0.3) is 0 Å². The smallest absolute Gasteiger partial charge is 0.266 e. The van der Waals surface area contributed by atoms with Crippen LogP contribution in [-0.4, -0.2) is 32.0 Å². The highest BCUT2D eigenvalue weighted by molar-refractivity contribution is 6.31. The van der Waals surface area contributed by atoms with Crippen LogP contribution in [0.5, 0.6) is 0 Å². The van der Waals surface area contributed by atoms with Gasteiger partial charge in [0.05, 0.1) is 17.4 Å². The molecule has 5 rings (SSSR count). The Kier molecular flexibility index (Phi) is 5.35. The number of halogens is 1. The molecule has 2 heterocycles. The van der Waals surface area contributed by atoms with Crippen LogP contribution in [0, 0.1) is 12.8 Å². The maximum absolute atomic E-state index is 13.7. The number of amides is 2. The molecular formula is C26H24ClN3O3. The van der Waals surface area contributed by atoms with Gasteiger partial charge in [-0.3, -0.25) is 14.4 Å². The average molecular weight is 462 g/mol. The van der Waals surface area contributed by atoms with Crippen molar-refractivity contribution < 1.29 is 14.4 Å². The van der Waals surface area contributed by atoms with E-state index in [1.807, 2.05) is 74.4 Å². The summed E-state index contributed by atoms with van der Waals surface area (Å²) in [5, 5.41) is 2.28. The molecule has 33 heavy (non-hydrogen) atoms. The third-order valence-corrected chi connectivity index (χ3v) is 6.56. The van der Waals surface area contributed by atoms with Crippen LogP contribution in [0.1, 0.15) is 17.2 Å². The highest BCUT2D eigenvalue weighted by Gasteiger charge is 2.60. The number of benzene rings is 3. The number of rotatable bonds is 4. The fourth-order valence-corrected chi connectivity index (χ4v) is 4.71. The number of nitrogens with zero attached hydrogens (tertiary/aromatic N) is 3. The molecule has 2 saturated heterocycles. The van der Waals surface area contributed by atoms with Crippen molar-refractivity contribution in [3.05, 3.63) is 88.9 Å². The summed E-state index contributed by atoms with van der Waals surface area (Å²) in [6.45, 7) is 1.99. The second-order valence-corrected chi connectivity index (χ2v) is 9.02. The summed E-state index contributed by atoms with van der Waals surface area (Å²) in [6.07, 6.45) is -0.897. The van der Waals surface area contributed by atoms with Gasteiger partial charge in [-0.25, -0.2) is 9.96 Å². The molecule has 3 aromatic carbocycles. The summed E-state index contributed by atoms with van der Waals surface area (Å²) in [4.78, 5) is 36.5. The molecule has 6 nitrogen and oxygen atoms in total. The Hall–Kier alpha value is -3.35. The number of carbonyl (C=O) groups excluding carboxylic acids is 2. The van der Waals surface area contributed by atoms with Crippen LogP contribution >= 0.6 is 11.6 Å². The number of hydrogen-bond donors (Lipinski definition) is 0. The number of fused-ring (bicyclic) bond motifs is 1. The normalized spacial score (nSPS) is 22.1. The van der Waals surface area contributed by atoms with Crippen molar-refractivity contribution in [1.82, 2.24) is 0 Å². The van der Waals surface area contributed by atoms with E-state index in [0.717, 1.165) is 22.5 Å². The van der Waals surface area contributed by atoms with Crippen molar-refractivity contribution in [1.29, 1.82) is 0 Å². The number of hydrogen-bond acceptors (Lipinski definition) is 5. The Balaban J connectivity index is 1.58. The van der Waals surface area contributed by atoms with Crippen LogP contribution in [-0.2, 0) is 14.4 Å². The summed E-state index contributed by atoms with van der Waals surface area (Å²) in [7, 11) is 3.96. The number of aryl methyl sites for hydroxylation is 1. The minimum absolute atomic E-state index is 0.273. The van der Waals surface area contributed by atoms with Crippen molar-refractivity contribution in [2.45, 2.75) is 19.1 Å². The van der Waals surface area contributed by atoms with Crippen LogP contribution in [0.2, 0.25) is 5.02 Å². The van der Waals surface area contributed by atoms with E-state index in [1.165, 1.54) is 4.90 Å². The van der Waals surface area contributed by atoms with Gasteiger partial charge >= 0.3 is 0 Å². The molecule has 0 saturated carbocycles. The summed E-state index contributed by atoms with van der Waals surface area (Å²) in [6, 6.07) is 22.1. The van der Waals surface area contributed by atoms with Crippen molar-refractivity contribution in [3.8, 4) is 0 Å². The predicted molar refractivity (Wildman–Crippen MR) is 129 cm³/mol. The number of imide groups is 1. The lowest BCUT2D eigenvalue weighted by atomic mass is 9.90. The first-order valence-electron chi connectivity index (χ1n) is 10.8. The van der Waals surface area contributed by atoms with Gasteiger partial charge in [0.25, 0.3) is 5.91 Å². The van der Waals surface area contributed by atoms with Crippen molar-refractivity contribution in [2.24, 2.45) is 5.92 Å². The molecule has 0 aliphatic carbocycles. The van der Waals surface area contributed by atoms with Gasteiger partial charge in [-0.2, -0.15) is 0 Å². The molecule has 0 spiro atoms. The zero-order valence-electron chi connectivity index (χ0n) is 18.6. The van der Waals surface area contributed by atoms with Crippen LogP contribution in [0.15, 0.2) is 72.8 Å². The van der Waals surface area contributed by atoms with Gasteiger partial charge in [0, 0.05) is 24.8 Å². The van der Waals surface area contributed by atoms with Gasteiger partial charge in [-0.05, 0) is 60.5 Å². The molecule has 2 fully saturated rings. The van der Waals surface area contributed by atoms with E-state index in [0.29, 0.717) is 10.7 Å². The topological polar surface area (TPSA) is 53.1 Å². The summed E-state index contributed by atoms with van der Waals surface area (Å²) >= 11 is 6.00. The maximum Gasteiger partial charge on any atom is 0.266 e. The first-order valence-corrected chi connectivity index (χ1v) is 11.2. The summed E-state index contributed by atoms with van der Waals surface area (Å²) < 4.78 is 0. The first-order chi connectivity index (χ1) is 15.9. The van der Waals surface area contributed by atoms with E-state index in [2.05, 4.69) is 0 Å². The van der Waals surface area contributed by atoms with Crippen LogP contribution in [0.3, 0.4) is 0 Å². The van der Waals surface area contributed by atoms with E-state index < -0.39 is 18.1 Å². The van der Waals surface area contributed by atoms with Gasteiger partial charge in [-0.1, -0.05) is 41.9 Å². The Morgan fingerprint density at radius 2 is 1.55 bits per heavy atom. The maximum atomic E-state index is 13.7. The van der Waals surface area contributed by atoms with Gasteiger partial charge < -0.3 is 4.90 Å². The van der Waals surface area contributed by atoms with E-state index >= 15 is 0 Å².